The minimum absolute atomic E-state index is 0.0936. The average molecular weight is 707 g/mol. The van der Waals surface area contributed by atoms with Crippen molar-refractivity contribution in [2.45, 2.75) is 193 Å². The van der Waals surface area contributed by atoms with E-state index in [0.29, 0.717) is 24.1 Å². The van der Waals surface area contributed by atoms with Crippen molar-refractivity contribution in [3.8, 4) is 0 Å². The van der Waals surface area contributed by atoms with Gasteiger partial charge < -0.3 is 18.9 Å². The second-order valence-corrected chi connectivity index (χ2v) is 16.5. The second kappa shape index (κ2) is 33.6. The first-order chi connectivity index (χ1) is 23.1. The van der Waals surface area contributed by atoms with Crippen LogP contribution in [-0.4, -0.2) is 75.6 Å². The molecule has 0 saturated heterocycles. The van der Waals surface area contributed by atoms with Crippen molar-refractivity contribution in [2.75, 3.05) is 54.1 Å². The van der Waals surface area contributed by atoms with E-state index in [1.807, 2.05) is 21.1 Å². The van der Waals surface area contributed by atoms with E-state index in [9.17, 15) is 14.3 Å². The summed E-state index contributed by atoms with van der Waals surface area (Å²) in [5, 5.41) is 0. The Morgan fingerprint density at radius 3 is 1.38 bits per heavy atom. The topological polar surface area (TPSA) is 91.3 Å². The lowest BCUT2D eigenvalue weighted by Gasteiger charge is -2.24. The third-order valence-corrected chi connectivity index (χ3v) is 9.90. The minimum Gasteiger partial charge on any atom is -0.457 e. The number of nitrogens with zero attached hydrogens (tertiary/aromatic N) is 1. The molecule has 0 amide bonds. The highest BCUT2D eigenvalue weighted by atomic mass is 31.2. The van der Waals surface area contributed by atoms with Crippen LogP contribution in [-0.2, 0) is 27.9 Å². The number of hydrogen-bond donors (Lipinski definition) is 1. The van der Waals surface area contributed by atoms with Crippen LogP contribution in [0.15, 0.2) is 0 Å². The van der Waals surface area contributed by atoms with E-state index in [1.165, 1.54) is 135 Å². The highest BCUT2D eigenvalue weighted by Gasteiger charge is 2.26. The van der Waals surface area contributed by atoms with Gasteiger partial charge in [-0.15, -0.1) is 0 Å². The van der Waals surface area contributed by atoms with E-state index in [0.717, 1.165) is 32.1 Å². The molecule has 288 valence electrons. The van der Waals surface area contributed by atoms with Gasteiger partial charge in [0.05, 0.1) is 34.4 Å². The fraction of sp³-hybridized carbons (Fsp3) is 0.974. The predicted molar refractivity (Wildman–Crippen MR) is 201 cm³/mol. The standard InChI is InChI=1S/C39H80NO7P/c1-6-8-10-12-14-16-18-20-22-24-26-28-30-32-39(41)47-38(37-46-48(42,43)45-35-33-40(3,4)5)36-44-34-31-29-27-25-23-21-19-17-15-13-11-9-7-2/h38H,6-37H2,1-5H3/p+1. The molecule has 0 aromatic heterocycles. The lowest BCUT2D eigenvalue weighted by Crippen LogP contribution is -2.37. The van der Waals surface area contributed by atoms with Gasteiger partial charge in [0.15, 0.2) is 0 Å². The fourth-order valence-electron chi connectivity index (χ4n) is 5.73. The van der Waals surface area contributed by atoms with Gasteiger partial charge in [-0.1, -0.05) is 168 Å². The van der Waals surface area contributed by atoms with Gasteiger partial charge in [-0.2, -0.15) is 0 Å². The number of hydrogen-bond acceptors (Lipinski definition) is 6. The summed E-state index contributed by atoms with van der Waals surface area (Å²) in [5.41, 5.74) is 0. The molecule has 0 aliphatic rings. The van der Waals surface area contributed by atoms with Crippen LogP contribution >= 0.6 is 7.82 Å². The summed E-state index contributed by atoms with van der Waals surface area (Å²) in [4.78, 5) is 22.8. The van der Waals surface area contributed by atoms with Crippen LogP contribution in [0.5, 0.6) is 0 Å². The SMILES string of the molecule is CCCCCCCCCCCCCCCOCC(COP(=O)(O)OCC[N+](C)(C)C)OC(=O)CCCCCCCCCCCCCCC. The molecule has 0 bridgehead atoms. The van der Waals surface area contributed by atoms with Crippen LogP contribution < -0.4 is 0 Å². The fourth-order valence-corrected chi connectivity index (χ4v) is 6.47. The molecule has 2 unspecified atom stereocenters. The maximum atomic E-state index is 12.6. The third-order valence-electron chi connectivity index (χ3n) is 8.92. The van der Waals surface area contributed by atoms with Crippen LogP contribution in [0.4, 0.5) is 0 Å². The Morgan fingerprint density at radius 1 is 0.562 bits per heavy atom. The number of carbonyl (C=O) groups excluding carboxylic acids is 1. The molecular formula is C39H81NO7P+. The monoisotopic (exact) mass is 707 g/mol. The number of esters is 1. The van der Waals surface area contributed by atoms with Crippen molar-refractivity contribution in [1.82, 2.24) is 0 Å². The number of ether oxygens (including phenoxy) is 2. The molecule has 0 aromatic rings. The van der Waals surface area contributed by atoms with Gasteiger partial charge in [0, 0.05) is 13.0 Å². The van der Waals surface area contributed by atoms with Gasteiger partial charge >= 0.3 is 13.8 Å². The molecule has 1 N–H and O–H groups in total. The summed E-state index contributed by atoms with van der Waals surface area (Å²) in [6.07, 6.45) is 32.6. The van der Waals surface area contributed by atoms with Crippen molar-refractivity contribution >= 4 is 13.8 Å². The molecule has 9 heteroatoms. The Hall–Kier alpha value is -0.500. The Balaban J connectivity index is 4.24. The van der Waals surface area contributed by atoms with E-state index < -0.39 is 13.9 Å². The Labute approximate surface area is 298 Å². The first-order valence-corrected chi connectivity index (χ1v) is 21.8. The molecule has 0 radical (unpaired) electrons. The predicted octanol–water partition coefficient (Wildman–Crippen LogP) is 11.3. The number of rotatable bonds is 38. The summed E-state index contributed by atoms with van der Waals surface area (Å²) < 4.78 is 34.9. The number of carbonyl (C=O) groups is 1. The molecule has 0 fully saturated rings. The zero-order chi connectivity index (χ0) is 35.6. The number of unbranched alkanes of at least 4 members (excludes halogenated alkanes) is 24. The molecule has 0 aliphatic heterocycles. The number of likely N-dealkylation sites (N-methyl/N-ethyl adjacent to an activating group) is 1. The zero-order valence-electron chi connectivity index (χ0n) is 32.5. The van der Waals surface area contributed by atoms with Gasteiger partial charge in [-0.25, -0.2) is 4.57 Å². The Kier molecular flexibility index (Phi) is 33.3. The van der Waals surface area contributed by atoms with E-state index in [2.05, 4.69) is 13.8 Å². The molecule has 0 heterocycles. The molecule has 0 aromatic carbocycles. The van der Waals surface area contributed by atoms with Crippen LogP contribution in [0.25, 0.3) is 0 Å². The highest BCUT2D eigenvalue weighted by molar-refractivity contribution is 7.47. The third kappa shape index (κ3) is 36.8. The average Bonchev–Trinajstić information content (AvgIpc) is 3.03. The Bertz CT molecular complexity index is 746. The van der Waals surface area contributed by atoms with Crippen molar-refractivity contribution < 1.29 is 37.3 Å². The van der Waals surface area contributed by atoms with Crippen molar-refractivity contribution in [2.24, 2.45) is 0 Å². The maximum Gasteiger partial charge on any atom is 0.472 e. The van der Waals surface area contributed by atoms with Crippen molar-refractivity contribution in [3.63, 3.8) is 0 Å². The zero-order valence-corrected chi connectivity index (χ0v) is 33.4. The molecule has 48 heavy (non-hydrogen) atoms. The number of phosphoric acid groups is 1. The van der Waals surface area contributed by atoms with Gasteiger partial charge in [0.25, 0.3) is 0 Å². The van der Waals surface area contributed by atoms with Crippen LogP contribution in [0, 0.1) is 0 Å². The van der Waals surface area contributed by atoms with E-state index in [4.69, 9.17) is 18.5 Å². The van der Waals surface area contributed by atoms with E-state index in [1.54, 1.807) is 0 Å². The highest BCUT2D eigenvalue weighted by Crippen LogP contribution is 2.43. The van der Waals surface area contributed by atoms with Crippen molar-refractivity contribution in [1.29, 1.82) is 0 Å². The summed E-state index contributed by atoms with van der Waals surface area (Å²) >= 11 is 0. The van der Waals surface area contributed by atoms with E-state index in [-0.39, 0.29) is 25.8 Å². The van der Waals surface area contributed by atoms with Crippen LogP contribution in [0.2, 0.25) is 0 Å². The molecule has 8 nitrogen and oxygen atoms in total. The lowest BCUT2D eigenvalue weighted by atomic mass is 10.0. The molecular weight excluding hydrogens is 625 g/mol. The largest absolute Gasteiger partial charge is 0.472 e. The smallest absolute Gasteiger partial charge is 0.457 e. The van der Waals surface area contributed by atoms with Crippen LogP contribution in [0.1, 0.15) is 187 Å². The van der Waals surface area contributed by atoms with Crippen molar-refractivity contribution in [3.05, 3.63) is 0 Å². The summed E-state index contributed by atoms with van der Waals surface area (Å²) in [5.74, 6) is -0.310. The van der Waals surface area contributed by atoms with Crippen LogP contribution in [0.3, 0.4) is 0 Å². The molecule has 0 spiro atoms. The summed E-state index contributed by atoms with van der Waals surface area (Å²) in [7, 11) is 1.68. The molecule has 2 atom stereocenters. The quantitative estimate of drug-likeness (QED) is 0.0296. The van der Waals surface area contributed by atoms with Gasteiger partial charge in [-0.3, -0.25) is 13.8 Å². The van der Waals surface area contributed by atoms with Gasteiger partial charge in [-0.05, 0) is 12.8 Å². The van der Waals surface area contributed by atoms with Gasteiger partial charge in [0.1, 0.15) is 19.3 Å². The van der Waals surface area contributed by atoms with E-state index >= 15 is 0 Å². The minimum atomic E-state index is -4.26. The normalized spacial score (nSPS) is 13.9. The second-order valence-electron chi connectivity index (χ2n) is 15.0. The Morgan fingerprint density at radius 2 is 0.958 bits per heavy atom. The molecule has 0 rings (SSSR count). The first kappa shape index (κ1) is 47.5. The summed E-state index contributed by atoms with van der Waals surface area (Å²) in [6.45, 7) is 5.66. The summed E-state index contributed by atoms with van der Waals surface area (Å²) in [6, 6.07) is 0. The maximum absolute atomic E-state index is 12.6. The molecule has 0 saturated carbocycles. The van der Waals surface area contributed by atoms with Gasteiger partial charge in [0.2, 0.25) is 0 Å². The number of quaternary nitrogens is 1. The number of phosphoric ester groups is 1. The first-order valence-electron chi connectivity index (χ1n) is 20.3. The lowest BCUT2D eigenvalue weighted by molar-refractivity contribution is -0.870. The molecule has 0 aliphatic carbocycles.